The van der Waals surface area contributed by atoms with E-state index in [0.717, 1.165) is 122 Å². The van der Waals surface area contributed by atoms with Crippen LogP contribution in [0.5, 0.6) is 0 Å². The first kappa shape index (κ1) is 69.7. The number of phosphoric ester groups is 1. The molecule has 0 aliphatic heterocycles. The van der Waals surface area contributed by atoms with Gasteiger partial charge in [-0.2, -0.15) is 0 Å². The molecular weight excluding hydrogens is 930 g/mol. The average Bonchev–Trinajstić information content (AvgIpc) is 3.35. The maximum absolute atomic E-state index is 12.8. The third-order valence-corrected chi connectivity index (χ3v) is 13.0. The Kier molecular flexibility index (Phi) is 51.1. The lowest BCUT2D eigenvalue weighted by atomic mass is 10.1. The first-order valence-electron chi connectivity index (χ1n) is 29.1. The van der Waals surface area contributed by atoms with Crippen molar-refractivity contribution in [3.05, 3.63) is 109 Å². The zero-order valence-corrected chi connectivity index (χ0v) is 48.2. The molecule has 0 fully saturated rings. The highest BCUT2D eigenvalue weighted by Crippen LogP contribution is 2.43. The molecule has 0 saturated carbocycles. The number of ether oxygens (including phenoxy) is 2. The SMILES string of the molecule is CC/C=C\C/C=C\C/C=C\C/C=C\C/C=C\C/C=C\C/C=C\C/C=C\CCCCCCCCC(=O)OC(COC(=O)CCCCCCCCC/C=C\CCCCCCCCC)COP(=O)(O)OCC[N+](C)(C)C. The van der Waals surface area contributed by atoms with Crippen LogP contribution >= 0.6 is 7.82 Å². The van der Waals surface area contributed by atoms with Gasteiger partial charge >= 0.3 is 19.8 Å². The molecule has 0 rings (SSSR count). The summed E-state index contributed by atoms with van der Waals surface area (Å²) in [5.74, 6) is -0.824. The van der Waals surface area contributed by atoms with Crippen LogP contribution in [0, 0.1) is 0 Å². The molecular formula is C63H109NO8P+. The first-order chi connectivity index (χ1) is 35.5. The van der Waals surface area contributed by atoms with E-state index in [1.807, 2.05) is 21.1 Å². The van der Waals surface area contributed by atoms with E-state index in [1.54, 1.807) is 0 Å². The van der Waals surface area contributed by atoms with E-state index in [9.17, 15) is 19.0 Å². The summed E-state index contributed by atoms with van der Waals surface area (Å²) in [6.07, 6.45) is 74.4. The van der Waals surface area contributed by atoms with E-state index in [0.29, 0.717) is 17.4 Å². The van der Waals surface area contributed by atoms with E-state index < -0.39 is 26.5 Å². The van der Waals surface area contributed by atoms with E-state index in [4.69, 9.17) is 18.5 Å². The number of allylic oxidation sites excluding steroid dienone is 18. The summed E-state index contributed by atoms with van der Waals surface area (Å²) in [6.45, 7) is 4.29. The van der Waals surface area contributed by atoms with Crippen LogP contribution in [0.25, 0.3) is 0 Å². The molecule has 418 valence electrons. The number of rotatable bonds is 52. The van der Waals surface area contributed by atoms with Crippen molar-refractivity contribution in [1.29, 1.82) is 0 Å². The molecule has 0 radical (unpaired) electrons. The van der Waals surface area contributed by atoms with Crippen molar-refractivity contribution in [3.63, 3.8) is 0 Å². The lowest BCUT2D eigenvalue weighted by molar-refractivity contribution is -0.870. The third kappa shape index (κ3) is 57.8. The Labute approximate surface area is 448 Å². The molecule has 10 heteroatoms. The minimum Gasteiger partial charge on any atom is -0.462 e. The molecule has 2 atom stereocenters. The van der Waals surface area contributed by atoms with Gasteiger partial charge in [-0.1, -0.05) is 220 Å². The number of nitrogens with zero attached hydrogens (tertiary/aromatic N) is 1. The fourth-order valence-electron chi connectivity index (χ4n) is 7.55. The largest absolute Gasteiger partial charge is 0.472 e. The second-order valence-corrected chi connectivity index (χ2v) is 21.7. The van der Waals surface area contributed by atoms with Crippen molar-refractivity contribution in [1.82, 2.24) is 0 Å². The van der Waals surface area contributed by atoms with Gasteiger partial charge in [-0.25, -0.2) is 4.57 Å². The molecule has 0 heterocycles. The van der Waals surface area contributed by atoms with Gasteiger partial charge < -0.3 is 18.9 Å². The summed E-state index contributed by atoms with van der Waals surface area (Å²) in [4.78, 5) is 35.7. The van der Waals surface area contributed by atoms with Crippen molar-refractivity contribution < 1.29 is 42.1 Å². The molecule has 2 unspecified atom stereocenters. The second kappa shape index (κ2) is 53.5. The second-order valence-electron chi connectivity index (χ2n) is 20.3. The van der Waals surface area contributed by atoms with Crippen LogP contribution in [-0.2, 0) is 32.7 Å². The summed E-state index contributed by atoms with van der Waals surface area (Å²) in [7, 11) is 1.45. The highest BCUT2D eigenvalue weighted by Gasteiger charge is 2.27. The average molecular weight is 1040 g/mol. The highest BCUT2D eigenvalue weighted by molar-refractivity contribution is 7.47. The molecule has 0 amide bonds. The van der Waals surface area contributed by atoms with Gasteiger partial charge in [0.05, 0.1) is 27.7 Å². The van der Waals surface area contributed by atoms with Crippen molar-refractivity contribution in [3.8, 4) is 0 Å². The Balaban J connectivity index is 4.24. The summed E-state index contributed by atoms with van der Waals surface area (Å²) in [5.41, 5.74) is 0. The molecule has 0 aliphatic carbocycles. The quantitative estimate of drug-likeness (QED) is 0.0211. The number of unbranched alkanes of at least 4 members (excludes halogenated alkanes) is 20. The van der Waals surface area contributed by atoms with Crippen LogP contribution in [0.4, 0.5) is 0 Å². The zero-order valence-electron chi connectivity index (χ0n) is 47.3. The van der Waals surface area contributed by atoms with Crippen molar-refractivity contribution in [2.45, 2.75) is 232 Å². The Morgan fingerprint density at radius 3 is 1.18 bits per heavy atom. The number of esters is 2. The number of carbonyl (C=O) groups excluding carboxylic acids is 2. The fourth-order valence-corrected chi connectivity index (χ4v) is 8.30. The summed E-state index contributed by atoms with van der Waals surface area (Å²) in [6, 6.07) is 0. The first-order valence-corrected chi connectivity index (χ1v) is 30.6. The zero-order chi connectivity index (χ0) is 53.5. The number of carbonyl (C=O) groups is 2. The van der Waals surface area contributed by atoms with E-state index in [-0.39, 0.29) is 32.0 Å². The predicted octanol–water partition coefficient (Wildman–Crippen LogP) is 18.2. The van der Waals surface area contributed by atoms with Gasteiger partial charge in [0.15, 0.2) is 6.10 Å². The van der Waals surface area contributed by atoms with Crippen LogP contribution in [0.2, 0.25) is 0 Å². The van der Waals surface area contributed by atoms with Crippen LogP contribution in [0.3, 0.4) is 0 Å². The lowest BCUT2D eigenvalue weighted by Gasteiger charge is -2.24. The minimum atomic E-state index is -4.40. The molecule has 9 nitrogen and oxygen atoms in total. The van der Waals surface area contributed by atoms with Crippen molar-refractivity contribution in [2.24, 2.45) is 0 Å². The number of quaternary nitrogens is 1. The Morgan fingerprint density at radius 2 is 0.781 bits per heavy atom. The van der Waals surface area contributed by atoms with E-state index in [2.05, 4.69) is 123 Å². The normalized spacial score (nSPS) is 14.1. The smallest absolute Gasteiger partial charge is 0.462 e. The Morgan fingerprint density at radius 1 is 0.438 bits per heavy atom. The topological polar surface area (TPSA) is 108 Å². The summed E-state index contributed by atoms with van der Waals surface area (Å²) < 4.78 is 34.5. The molecule has 73 heavy (non-hydrogen) atoms. The standard InChI is InChI=1S/C63H108NO8P/c1-6-8-10-12-14-16-18-20-22-24-26-27-28-29-30-31-32-33-34-35-36-37-38-40-42-44-46-48-50-52-54-56-63(66)72-61(60-71-73(67,68)70-58-57-64(3,4)5)59-69-62(65)55-53-51-49-47-45-43-41-39-25-23-21-19-17-15-13-11-9-7-2/h8,10,14,16,20,22-23,25-27,29-30,32-33,35-36,38,40,61H,6-7,9,11-13,15,17-19,21,24,28,31,34,37,39,41-60H2,1-5H3/p+1/b10-8-,16-14-,22-20-,25-23-,27-26-,30-29-,33-32-,36-35-,40-38-. The molecule has 0 spiro atoms. The molecule has 0 aromatic rings. The molecule has 0 aliphatic rings. The van der Waals surface area contributed by atoms with Gasteiger partial charge in [-0.05, 0) is 103 Å². The molecule has 0 saturated heterocycles. The van der Waals surface area contributed by atoms with Crippen LogP contribution in [-0.4, -0.2) is 74.9 Å². The van der Waals surface area contributed by atoms with Crippen molar-refractivity contribution in [2.75, 3.05) is 47.5 Å². The van der Waals surface area contributed by atoms with Gasteiger partial charge in [0, 0.05) is 12.8 Å². The monoisotopic (exact) mass is 1040 g/mol. The number of hydrogen-bond acceptors (Lipinski definition) is 7. The number of hydrogen-bond donors (Lipinski definition) is 1. The van der Waals surface area contributed by atoms with Gasteiger partial charge in [0.2, 0.25) is 0 Å². The van der Waals surface area contributed by atoms with Crippen LogP contribution < -0.4 is 0 Å². The number of likely N-dealkylation sites (N-methyl/N-ethyl adjacent to an activating group) is 1. The molecule has 1 N–H and O–H groups in total. The molecule has 0 bridgehead atoms. The van der Waals surface area contributed by atoms with Crippen LogP contribution in [0.15, 0.2) is 109 Å². The fraction of sp³-hybridized carbons (Fsp3) is 0.683. The maximum atomic E-state index is 12.8. The molecule has 0 aromatic carbocycles. The summed E-state index contributed by atoms with van der Waals surface area (Å²) in [5, 5.41) is 0. The number of phosphoric acid groups is 1. The van der Waals surface area contributed by atoms with Crippen molar-refractivity contribution >= 4 is 19.8 Å². The Bertz CT molecular complexity index is 1600. The third-order valence-electron chi connectivity index (χ3n) is 12.0. The predicted molar refractivity (Wildman–Crippen MR) is 311 cm³/mol. The maximum Gasteiger partial charge on any atom is 0.472 e. The molecule has 0 aromatic heterocycles. The van der Waals surface area contributed by atoms with Gasteiger partial charge in [0.1, 0.15) is 19.8 Å². The highest BCUT2D eigenvalue weighted by atomic mass is 31.2. The lowest BCUT2D eigenvalue weighted by Crippen LogP contribution is -2.37. The van der Waals surface area contributed by atoms with E-state index in [1.165, 1.54) is 70.6 Å². The van der Waals surface area contributed by atoms with Crippen LogP contribution in [0.1, 0.15) is 226 Å². The van der Waals surface area contributed by atoms with Gasteiger partial charge in [-0.3, -0.25) is 18.6 Å². The summed E-state index contributed by atoms with van der Waals surface area (Å²) >= 11 is 0. The Hall–Kier alpha value is -3.33. The minimum absolute atomic E-state index is 0.0224. The van der Waals surface area contributed by atoms with Gasteiger partial charge in [-0.15, -0.1) is 0 Å². The van der Waals surface area contributed by atoms with E-state index >= 15 is 0 Å². The van der Waals surface area contributed by atoms with Gasteiger partial charge in [0.25, 0.3) is 0 Å².